The van der Waals surface area contributed by atoms with Gasteiger partial charge in [-0.1, -0.05) is 11.8 Å². The van der Waals surface area contributed by atoms with Gasteiger partial charge in [0.15, 0.2) is 5.78 Å². The maximum absolute atomic E-state index is 13.1. The van der Waals surface area contributed by atoms with Crippen molar-refractivity contribution in [1.82, 2.24) is 0 Å². The zero-order chi connectivity index (χ0) is 12.0. The maximum atomic E-state index is 13.1. The molecule has 1 aromatic carbocycles. The summed E-state index contributed by atoms with van der Waals surface area (Å²) in [5.41, 5.74) is 1.65. The molecule has 1 aliphatic heterocycles. The normalized spacial score (nSPS) is 22.0. The minimum atomic E-state index is -0.677. The molecule has 2 aliphatic rings. The summed E-state index contributed by atoms with van der Waals surface area (Å²) in [4.78, 5) is 12.9. The third-order valence-corrected chi connectivity index (χ3v) is 4.39. The number of carbonyl (C=O) groups excluding carboxylic acids is 1. The van der Waals surface area contributed by atoms with E-state index in [-0.39, 0.29) is 11.6 Å². The van der Waals surface area contributed by atoms with E-state index < -0.39 is 5.38 Å². The number of halogens is 2. The average Bonchev–Trinajstić information content (AvgIpc) is 2.32. The standard InChI is InChI=1S/C12H7ClFNOS/c13-11-9(16)4-3-8-12(11)17-10-5-6(14)1-2-7(10)15-8/h1-5,11,15H. The Balaban J connectivity index is 2.05. The Bertz CT molecular complexity index is 582. The van der Waals surface area contributed by atoms with Gasteiger partial charge in [0.25, 0.3) is 0 Å². The van der Waals surface area contributed by atoms with Crippen molar-refractivity contribution in [3.05, 3.63) is 46.8 Å². The molecule has 1 heterocycles. The molecule has 0 radical (unpaired) electrons. The van der Waals surface area contributed by atoms with Gasteiger partial charge in [-0.15, -0.1) is 11.6 Å². The number of carbonyl (C=O) groups is 1. The number of fused-ring (bicyclic) bond motifs is 1. The number of allylic oxidation sites excluding steroid dienone is 3. The van der Waals surface area contributed by atoms with E-state index >= 15 is 0 Å². The second-order valence-electron chi connectivity index (χ2n) is 3.74. The Labute approximate surface area is 107 Å². The molecule has 0 amide bonds. The summed E-state index contributed by atoms with van der Waals surface area (Å²) in [6.07, 6.45) is 3.16. The molecule has 0 spiro atoms. The summed E-state index contributed by atoms with van der Waals surface area (Å²) in [6, 6.07) is 4.51. The molecule has 5 heteroatoms. The largest absolute Gasteiger partial charge is 0.354 e. The van der Waals surface area contributed by atoms with Gasteiger partial charge in [-0.2, -0.15) is 0 Å². The van der Waals surface area contributed by atoms with E-state index in [0.717, 1.165) is 21.2 Å². The quantitative estimate of drug-likeness (QED) is 0.732. The minimum absolute atomic E-state index is 0.139. The molecule has 2 nitrogen and oxygen atoms in total. The third-order valence-electron chi connectivity index (χ3n) is 2.59. The van der Waals surface area contributed by atoms with Crippen molar-refractivity contribution in [3.63, 3.8) is 0 Å². The fraction of sp³-hybridized carbons (Fsp3) is 0.0833. The van der Waals surface area contributed by atoms with Crippen LogP contribution in [0.3, 0.4) is 0 Å². The lowest BCUT2D eigenvalue weighted by Gasteiger charge is -2.26. The predicted molar refractivity (Wildman–Crippen MR) is 66.7 cm³/mol. The summed E-state index contributed by atoms with van der Waals surface area (Å²) in [5.74, 6) is -0.439. The number of thioether (sulfide) groups is 1. The molecular weight excluding hydrogens is 261 g/mol. The van der Waals surface area contributed by atoms with Crippen LogP contribution in [0.15, 0.2) is 45.8 Å². The Morgan fingerprint density at radius 3 is 3.00 bits per heavy atom. The topological polar surface area (TPSA) is 29.1 Å². The van der Waals surface area contributed by atoms with Crippen molar-refractivity contribution in [2.75, 3.05) is 5.32 Å². The lowest BCUT2D eigenvalue weighted by atomic mass is 10.1. The van der Waals surface area contributed by atoms with E-state index in [2.05, 4.69) is 5.32 Å². The van der Waals surface area contributed by atoms with E-state index in [1.807, 2.05) is 0 Å². The number of hydrogen-bond acceptors (Lipinski definition) is 3. The van der Waals surface area contributed by atoms with Crippen molar-refractivity contribution in [1.29, 1.82) is 0 Å². The Kier molecular flexibility index (Phi) is 2.49. The Hall–Kier alpha value is -1.26. The zero-order valence-corrected chi connectivity index (χ0v) is 10.1. The van der Waals surface area contributed by atoms with Crippen LogP contribution < -0.4 is 5.32 Å². The number of hydrogen-bond donors (Lipinski definition) is 1. The highest BCUT2D eigenvalue weighted by Gasteiger charge is 2.29. The number of benzene rings is 1. The van der Waals surface area contributed by atoms with Gasteiger partial charge >= 0.3 is 0 Å². The number of rotatable bonds is 0. The highest BCUT2D eigenvalue weighted by molar-refractivity contribution is 8.03. The number of anilines is 1. The summed E-state index contributed by atoms with van der Waals surface area (Å²) < 4.78 is 13.1. The molecule has 1 atom stereocenters. The molecule has 3 rings (SSSR count). The highest BCUT2D eigenvalue weighted by atomic mass is 35.5. The molecule has 1 N–H and O–H groups in total. The van der Waals surface area contributed by atoms with Crippen LogP contribution in [0.1, 0.15) is 0 Å². The Morgan fingerprint density at radius 1 is 1.35 bits per heavy atom. The van der Waals surface area contributed by atoms with E-state index in [9.17, 15) is 9.18 Å². The van der Waals surface area contributed by atoms with Gasteiger partial charge in [0.1, 0.15) is 11.2 Å². The van der Waals surface area contributed by atoms with Crippen LogP contribution in [-0.2, 0) is 4.79 Å². The van der Waals surface area contributed by atoms with Gasteiger partial charge < -0.3 is 5.32 Å². The summed E-state index contributed by atoms with van der Waals surface area (Å²) >= 11 is 7.37. The van der Waals surface area contributed by atoms with Gasteiger partial charge in [-0.25, -0.2) is 4.39 Å². The van der Waals surface area contributed by atoms with Gasteiger partial charge in [-0.3, -0.25) is 4.79 Å². The van der Waals surface area contributed by atoms with Crippen LogP contribution in [0, 0.1) is 5.82 Å². The molecule has 1 aliphatic carbocycles. The first-order valence-corrected chi connectivity index (χ1v) is 6.25. The molecule has 0 bridgehead atoms. The fourth-order valence-corrected chi connectivity index (χ4v) is 3.17. The molecule has 0 aromatic heterocycles. The minimum Gasteiger partial charge on any atom is -0.354 e. The van der Waals surface area contributed by atoms with Crippen molar-refractivity contribution in [2.45, 2.75) is 10.3 Å². The van der Waals surface area contributed by atoms with Crippen molar-refractivity contribution < 1.29 is 9.18 Å². The first kappa shape index (κ1) is 10.9. The molecule has 0 saturated heterocycles. The summed E-state index contributed by atoms with van der Waals surface area (Å²) in [5, 5.41) is 2.47. The first-order chi connectivity index (χ1) is 8.15. The third kappa shape index (κ3) is 1.77. The van der Waals surface area contributed by atoms with Gasteiger partial charge in [0, 0.05) is 9.80 Å². The Morgan fingerprint density at radius 2 is 2.18 bits per heavy atom. The average molecular weight is 268 g/mol. The van der Waals surface area contributed by atoms with Gasteiger partial charge in [0.05, 0.1) is 11.4 Å². The van der Waals surface area contributed by atoms with Gasteiger partial charge in [0.2, 0.25) is 0 Å². The SMILES string of the molecule is O=C1C=CC2=C(Sc3cc(F)ccc3N2)C1Cl. The van der Waals surface area contributed by atoms with Crippen molar-refractivity contribution in [2.24, 2.45) is 0 Å². The molecule has 17 heavy (non-hydrogen) atoms. The monoisotopic (exact) mass is 267 g/mol. The van der Waals surface area contributed by atoms with E-state index in [0.29, 0.717) is 0 Å². The van der Waals surface area contributed by atoms with Crippen molar-refractivity contribution >= 4 is 34.8 Å². The lowest BCUT2D eigenvalue weighted by Crippen LogP contribution is -2.22. The lowest BCUT2D eigenvalue weighted by molar-refractivity contribution is -0.113. The second-order valence-corrected chi connectivity index (χ2v) is 5.26. The highest BCUT2D eigenvalue weighted by Crippen LogP contribution is 2.44. The van der Waals surface area contributed by atoms with E-state index in [1.165, 1.54) is 30.0 Å². The number of alkyl halides is 1. The van der Waals surface area contributed by atoms with Gasteiger partial charge in [-0.05, 0) is 30.4 Å². The number of ketones is 1. The molecule has 0 saturated carbocycles. The maximum Gasteiger partial charge on any atom is 0.178 e. The molecule has 86 valence electrons. The molecular formula is C12H7ClFNOS. The molecule has 0 fully saturated rings. The second kappa shape index (κ2) is 3.89. The van der Waals surface area contributed by atoms with Crippen LogP contribution in [0.2, 0.25) is 0 Å². The van der Waals surface area contributed by atoms with E-state index in [1.54, 1.807) is 12.1 Å². The summed E-state index contributed by atoms with van der Waals surface area (Å²) in [6.45, 7) is 0. The smallest absolute Gasteiger partial charge is 0.178 e. The van der Waals surface area contributed by atoms with Crippen LogP contribution in [0.4, 0.5) is 10.1 Å². The number of nitrogens with one attached hydrogen (secondary N) is 1. The van der Waals surface area contributed by atoms with Crippen LogP contribution in [-0.4, -0.2) is 11.2 Å². The first-order valence-electron chi connectivity index (χ1n) is 5.00. The zero-order valence-electron chi connectivity index (χ0n) is 8.54. The van der Waals surface area contributed by atoms with Crippen molar-refractivity contribution in [3.8, 4) is 0 Å². The van der Waals surface area contributed by atoms with Crippen LogP contribution in [0.25, 0.3) is 0 Å². The fourth-order valence-electron chi connectivity index (χ4n) is 1.76. The summed E-state index contributed by atoms with van der Waals surface area (Å²) in [7, 11) is 0. The van der Waals surface area contributed by atoms with E-state index in [4.69, 9.17) is 11.6 Å². The predicted octanol–water partition coefficient (Wildman–Crippen LogP) is 3.30. The van der Waals surface area contributed by atoms with Crippen LogP contribution >= 0.6 is 23.4 Å². The molecule has 1 unspecified atom stereocenters. The van der Waals surface area contributed by atoms with Crippen LogP contribution in [0.5, 0.6) is 0 Å². The molecule has 1 aromatic rings.